The van der Waals surface area contributed by atoms with Crippen molar-refractivity contribution in [1.82, 2.24) is 0 Å². The number of carboxylic acid groups (broad SMARTS) is 1. The van der Waals surface area contributed by atoms with Gasteiger partial charge in [0, 0.05) is 6.42 Å². The van der Waals surface area contributed by atoms with E-state index < -0.39 is 12.1 Å². The van der Waals surface area contributed by atoms with E-state index in [1.165, 1.54) is 0 Å². The van der Waals surface area contributed by atoms with Gasteiger partial charge in [-0.25, -0.2) is 4.79 Å². The minimum absolute atomic E-state index is 0.0342. The Morgan fingerprint density at radius 1 is 1.29 bits per heavy atom. The fourth-order valence-corrected chi connectivity index (χ4v) is 2.44. The summed E-state index contributed by atoms with van der Waals surface area (Å²) in [5, 5.41) is 9.15. The summed E-state index contributed by atoms with van der Waals surface area (Å²) in [6, 6.07) is 7.08. The van der Waals surface area contributed by atoms with Crippen molar-refractivity contribution in [3.05, 3.63) is 24.3 Å². The number of nitrogens with zero attached hydrogens (tertiary/aromatic N) is 1. The molecule has 2 rings (SSSR count). The molecule has 1 aliphatic heterocycles. The van der Waals surface area contributed by atoms with Crippen molar-refractivity contribution in [3.63, 3.8) is 0 Å². The van der Waals surface area contributed by atoms with E-state index in [0.717, 1.165) is 25.7 Å². The van der Waals surface area contributed by atoms with Crippen LogP contribution in [0.15, 0.2) is 24.3 Å². The van der Waals surface area contributed by atoms with Gasteiger partial charge >= 0.3 is 5.97 Å². The molecule has 0 saturated heterocycles. The van der Waals surface area contributed by atoms with Crippen molar-refractivity contribution in [2.45, 2.75) is 45.1 Å². The molecule has 5 heteroatoms. The quantitative estimate of drug-likeness (QED) is 0.818. The molecule has 1 unspecified atom stereocenters. The number of unbranched alkanes of at least 4 members (excludes halogenated alkanes) is 3. The Bertz CT molecular complexity index is 515. The van der Waals surface area contributed by atoms with E-state index in [2.05, 4.69) is 6.92 Å². The van der Waals surface area contributed by atoms with Crippen LogP contribution in [0.3, 0.4) is 0 Å². The predicted molar refractivity (Wildman–Crippen MR) is 79.6 cm³/mol. The molecular formula is C16H21NO4. The zero-order chi connectivity index (χ0) is 15.2. The van der Waals surface area contributed by atoms with Crippen LogP contribution in [0.1, 0.15) is 39.0 Å². The topological polar surface area (TPSA) is 66.8 Å². The SMILES string of the molecule is CCCCCCC(=O)N1CC(C(=O)O)Oc2ccccc21. The van der Waals surface area contributed by atoms with E-state index in [0.29, 0.717) is 17.9 Å². The van der Waals surface area contributed by atoms with Gasteiger partial charge in [0.1, 0.15) is 5.75 Å². The lowest BCUT2D eigenvalue weighted by Crippen LogP contribution is -2.47. The first-order valence-electron chi connectivity index (χ1n) is 7.42. The molecule has 21 heavy (non-hydrogen) atoms. The highest BCUT2D eigenvalue weighted by Crippen LogP contribution is 2.33. The van der Waals surface area contributed by atoms with Crippen molar-refractivity contribution >= 4 is 17.6 Å². The number of aliphatic carboxylic acids is 1. The van der Waals surface area contributed by atoms with Gasteiger partial charge in [0.2, 0.25) is 12.0 Å². The molecule has 1 atom stereocenters. The highest BCUT2D eigenvalue weighted by atomic mass is 16.5. The molecule has 114 valence electrons. The van der Waals surface area contributed by atoms with Crippen LogP contribution in [0, 0.1) is 0 Å². The van der Waals surface area contributed by atoms with E-state index in [1.807, 2.05) is 6.07 Å². The Hall–Kier alpha value is -2.04. The van der Waals surface area contributed by atoms with Gasteiger partial charge in [0.25, 0.3) is 0 Å². The summed E-state index contributed by atoms with van der Waals surface area (Å²) in [7, 11) is 0. The second-order valence-corrected chi connectivity index (χ2v) is 5.23. The second-order valence-electron chi connectivity index (χ2n) is 5.23. The highest BCUT2D eigenvalue weighted by molar-refractivity contribution is 5.96. The number of anilines is 1. The van der Waals surface area contributed by atoms with Crippen molar-refractivity contribution in [3.8, 4) is 5.75 Å². The normalized spacial score (nSPS) is 17.0. The third-order valence-corrected chi connectivity index (χ3v) is 3.59. The Morgan fingerprint density at radius 2 is 2.05 bits per heavy atom. The van der Waals surface area contributed by atoms with Crippen molar-refractivity contribution < 1.29 is 19.4 Å². The largest absolute Gasteiger partial charge is 0.478 e. The monoisotopic (exact) mass is 291 g/mol. The average molecular weight is 291 g/mol. The van der Waals surface area contributed by atoms with Crippen molar-refractivity contribution in [2.24, 2.45) is 0 Å². The molecule has 1 heterocycles. The molecule has 0 radical (unpaired) electrons. The molecule has 0 fully saturated rings. The van der Waals surface area contributed by atoms with Crippen LogP contribution >= 0.6 is 0 Å². The lowest BCUT2D eigenvalue weighted by atomic mass is 10.1. The molecule has 0 aromatic heterocycles. The van der Waals surface area contributed by atoms with Crippen LogP contribution in [0.2, 0.25) is 0 Å². The van der Waals surface area contributed by atoms with Crippen molar-refractivity contribution in [2.75, 3.05) is 11.4 Å². The molecule has 5 nitrogen and oxygen atoms in total. The maximum Gasteiger partial charge on any atom is 0.346 e. The molecule has 0 spiro atoms. The number of carboxylic acids is 1. The van der Waals surface area contributed by atoms with E-state index in [-0.39, 0.29) is 12.5 Å². The van der Waals surface area contributed by atoms with Crippen LogP contribution in [0.25, 0.3) is 0 Å². The Balaban J connectivity index is 2.09. The van der Waals surface area contributed by atoms with Gasteiger partial charge in [-0.3, -0.25) is 4.79 Å². The zero-order valence-electron chi connectivity index (χ0n) is 12.2. The lowest BCUT2D eigenvalue weighted by molar-refractivity contribution is -0.145. The Kier molecular flexibility index (Phi) is 5.20. The number of benzene rings is 1. The summed E-state index contributed by atoms with van der Waals surface area (Å²) in [6.07, 6.45) is 3.54. The van der Waals surface area contributed by atoms with Crippen molar-refractivity contribution in [1.29, 1.82) is 0 Å². The van der Waals surface area contributed by atoms with Gasteiger partial charge in [-0.15, -0.1) is 0 Å². The molecule has 1 aromatic rings. The number of fused-ring (bicyclic) bond motifs is 1. The molecule has 1 amide bonds. The van der Waals surface area contributed by atoms with Crippen LogP contribution in [0.5, 0.6) is 5.75 Å². The minimum atomic E-state index is -1.05. The Labute approximate surface area is 124 Å². The Morgan fingerprint density at radius 3 is 2.76 bits per heavy atom. The third kappa shape index (κ3) is 3.74. The molecule has 1 N–H and O–H groups in total. The second kappa shape index (κ2) is 7.11. The summed E-state index contributed by atoms with van der Waals surface area (Å²) in [5.74, 6) is -0.626. The average Bonchev–Trinajstić information content (AvgIpc) is 2.50. The maximum absolute atomic E-state index is 12.4. The number of para-hydroxylation sites is 2. The predicted octanol–water partition coefficient (Wildman–Crippen LogP) is 2.84. The van der Waals surface area contributed by atoms with Gasteiger partial charge < -0.3 is 14.7 Å². The number of amides is 1. The summed E-state index contributed by atoms with van der Waals surface area (Å²) in [5.41, 5.74) is 0.662. The summed E-state index contributed by atoms with van der Waals surface area (Å²) in [6.45, 7) is 2.19. The lowest BCUT2D eigenvalue weighted by Gasteiger charge is -2.33. The fraction of sp³-hybridized carbons (Fsp3) is 0.500. The maximum atomic E-state index is 12.4. The van der Waals surface area contributed by atoms with E-state index in [4.69, 9.17) is 9.84 Å². The fourth-order valence-electron chi connectivity index (χ4n) is 2.44. The number of carbonyl (C=O) groups is 2. The number of hydrogen-bond acceptors (Lipinski definition) is 3. The first-order valence-corrected chi connectivity index (χ1v) is 7.42. The van der Waals surface area contributed by atoms with E-state index in [9.17, 15) is 9.59 Å². The van der Waals surface area contributed by atoms with Gasteiger partial charge in [0.05, 0.1) is 12.2 Å². The molecule has 0 saturated carbocycles. The van der Waals surface area contributed by atoms with Gasteiger partial charge in [-0.2, -0.15) is 0 Å². The molecule has 0 bridgehead atoms. The zero-order valence-corrected chi connectivity index (χ0v) is 12.2. The van der Waals surface area contributed by atoms with Crippen LogP contribution in [-0.2, 0) is 9.59 Å². The van der Waals surface area contributed by atoms with Gasteiger partial charge in [-0.05, 0) is 18.6 Å². The summed E-state index contributed by atoms with van der Waals surface area (Å²) >= 11 is 0. The smallest absolute Gasteiger partial charge is 0.346 e. The molecular weight excluding hydrogens is 270 g/mol. The molecule has 1 aromatic carbocycles. The summed E-state index contributed by atoms with van der Waals surface area (Å²) < 4.78 is 5.42. The third-order valence-electron chi connectivity index (χ3n) is 3.59. The van der Waals surface area contributed by atoms with E-state index >= 15 is 0 Å². The van der Waals surface area contributed by atoms with Gasteiger partial charge in [-0.1, -0.05) is 38.3 Å². The van der Waals surface area contributed by atoms with Gasteiger partial charge in [0.15, 0.2) is 0 Å². The molecule has 1 aliphatic rings. The number of ether oxygens (including phenoxy) is 1. The first kappa shape index (κ1) is 15.4. The first-order chi connectivity index (χ1) is 10.1. The number of hydrogen-bond donors (Lipinski definition) is 1. The minimum Gasteiger partial charge on any atom is -0.478 e. The van der Waals surface area contributed by atoms with Crippen LogP contribution in [0.4, 0.5) is 5.69 Å². The highest BCUT2D eigenvalue weighted by Gasteiger charge is 2.33. The number of rotatable bonds is 6. The standard InChI is InChI=1S/C16H21NO4/c1-2-3-4-5-10-15(18)17-11-14(16(19)20)21-13-9-7-6-8-12(13)17/h6-9,14H,2-5,10-11H2,1H3,(H,19,20). The van der Waals surface area contributed by atoms with Crippen LogP contribution in [-0.4, -0.2) is 29.6 Å². The summed E-state index contributed by atoms with van der Waals surface area (Å²) in [4.78, 5) is 25.1. The van der Waals surface area contributed by atoms with Crippen LogP contribution < -0.4 is 9.64 Å². The van der Waals surface area contributed by atoms with E-state index in [1.54, 1.807) is 23.1 Å². The molecule has 0 aliphatic carbocycles. The number of carbonyl (C=O) groups excluding carboxylic acids is 1.